The van der Waals surface area contributed by atoms with Gasteiger partial charge in [-0.05, 0) is 43.5 Å². The average molecular weight is 235 g/mol. The van der Waals surface area contributed by atoms with Crippen LogP contribution in [0.25, 0.3) is 0 Å². The molecule has 0 spiro atoms. The van der Waals surface area contributed by atoms with Gasteiger partial charge in [0.2, 0.25) is 0 Å². The van der Waals surface area contributed by atoms with Gasteiger partial charge in [-0.25, -0.2) is 0 Å². The molecule has 1 aliphatic rings. The maximum absolute atomic E-state index is 6.33. The molecule has 0 saturated carbocycles. The molecule has 0 amide bonds. The summed E-state index contributed by atoms with van der Waals surface area (Å²) in [5.41, 5.74) is 8.73. The van der Waals surface area contributed by atoms with Crippen molar-refractivity contribution in [3.05, 3.63) is 29.3 Å². The Hall–Kier alpha value is -1.06. The van der Waals surface area contributed by atoms with Crippen LogP contribution in [0.1, 0.15) is 30.5 Å². The summed E-state index contributed by atoms with van der Waals surface area (Å²) in [5, 5.41) is 0. The summed E-state index contributed by atoms with van der Waals surface area (Å²) in [7, 11) is 1.68. The second-order valence-electron chi connectivity index (χ2n) is 4.89. The predicted molar refractivity (Wildman–Crippen MR) is 68.2 cm³/mol. The quantitative estimate of drug-likeness (QED) is 0.875. The van der Waals surface area contributed by atoms with Crippen molar-refractivity contribution in [2.75, 3.05) is 13.7 Å². The van der Waals surface area contributed by atoms with Gasteiger partial charge in [-0.3, -0.25) is 0 Å². The Balaban J connectivity index is 2.16. The summed E-state index contributed by atoms with van der Waals surface area (Å²) in [6, 6.07) is 6.14. The molecule has 1 aromatic rings. The van der Waals surface area contributed by atoms with Crippen LogP contribution in [-0.4, -0.2) is 19.8 Å². The van der Waals surface area contributed by atoms with Crippen molar-refractivity contribution >= 4 is 0 Å². The Bertz CT molecular complexity index is 392. The van der Waals surface area contributed by atoms with E-state index in [9.17, 15) is 0 Å². The van der Waals surface area contributed by atoms with Crippen LogP contribution in [-0.2, 0) is 4.74 Å². The van der Waals surface area contributed by atoms with Crippen LogP contribution in [0, 0.1) is 12.8 Å². The highest BCUT2D eigenvalue weighted by Gasteiger charge is 2.28. The van der Waals surface area contributed by atoms with E-state index >= 15 is 0 Å². The Morgan fingerprint density at radius 2 is 2.24 bits per heavy atom. The van der Waals surface area contributed by atoms with E-state index in [0.717, 1.165) is 18.8 Å². The van der Waals surface area contributed by atoms with E-state index in [2.05, 4.69) is 19.9 Å². The molecule has 0 aliphatic carbocycles. The first kappa shape index (κ1) is 12.4. The summed E-state index contributed by atoms with van der Waals surface area (Å²) in [6.45, 7) is 4.96. The van der Waals surface area contributed by atoms with E-state index in [4.69, 9.17) is 15.2 Å². The molecule has 0 aromatic heterocycles. The minimum Gasteiger partial charge on any atom is -0.497 e. The zero-order valence-corrected chi connectivity index (χ0v) is 10.8. The van der Waals surface area contributed by atoms with Crippen LogP contribution in [0.3, 0.4) is 0 Å². The molecule has 3 atom stereocenters. The van der Waals surface area contributed by atoms with Gasteiger partial charge in [-0.1, -0.05) is 6.07 Å². The SMILES string of the molecule is COc1ccc(C(N)C2COC(C)C2)c(C)c1. The number of nitrogens with two attached hydrogens (primary N) is 1. The van der Waals surface area contributed by atoms with Crippen LogP contribution in [0.4, 0.5) is 0 Å². The van der Waals surface area contributed by atoms with Gasteiger partial charge < -0.3 is 15.2 Å². The van der Waals surface area contributed by atoms with Crippen LogP contribution >= 0.6 is 0 Å². The van der Waals surface area contributed by atoms with Crippen molar-refractivity contribution < 1.29 is 9.47 Å². The van der Waals surface area contributed by atoms with Crippen molar-refractivity contribution in [3.63, 3.8) is 0 Å². The summed E-state index contributed by atoms with van der Waals surface area (Å²) in [5.74, 6) is 1.31. The minimum atomic E-state index is 0.0610. The smallest absolute Gasteiger partial charge is 0.119 e. The fraction of sp³-hybridized carbons (Fsp3) is 0.571. The molecule has 94 valence electrons. The topological polar surface area (TPSA) is 44.5 Å². The molecular weight excluding hydrogens is 214 g/mol. The van der Waals surface area contributed by atoms with Crippen LogP contribution in [0.2, 0.25) is 0 Å². The molecule has 1 fully saturated rings. The summed E-state index contributed by atoms with van der Waals surface area (Å²) < 4.78 is 10.8. The second kappa shape index (κ2) is 5.07. The van der Waals surface area contributed by atoms with Crippen molar-refractivity contribution in [1.82, 2.24) is 0 Å². The molecule has 1 aliphatic heterocycles. The Labute approximate surface area is 103 Å². The van der Waals surface area contributed by atoms with Gasteiger partial charge in [0.25, 0.3) is 0 Å². The van der Waals surface area contributed by atoms with Gasteiger partial charge in [-0.2, -0.15) is 0 Å². The van der Waals surface area contributed by atoms with E-state index in [0.29, 0.717) is 12.0 Å². The van der Waals surface area contributed by atoms with Gasteiger partial charge >= 0.3 is 0 Å². The molecule has 1 aromatic carbocycles. The Kier molecular flexibility index (Phi) is 3.69. The minimum absolute atomic E-state index is 0.0610. The predicted octanol–water partition coefficient (Wildman–Crippen LogP) is 2.43. The summed E-state index contributed by atoms with van der Waals surface area (Å²) in [4.78, 5) is 0. The molecular formula is C14H21NO2. The maximum Gasteiger partial charge on any atom is 0.119 e. The van der Waals surface area contributed by atoms with Gasteiger partial charge in [0.05, 0.1) is 19.8 Å². The molecule has 17 heavy (non-hydrogen) atoms. The van der Waals surface area contributed by atoms with Gasteiger partial charge in [0.15, 0.2) is 0 Å². The van der Waals surface area contributed by atoms with Crippen molar-refractivity contribution in [2.24, 2.45) is 11.7 Å². The lowest BCUT2D eigenvalue weighted by atomic mass is 9.89. The highest BCUT2D eigenvalue weighted by molar-refractivity contribution is 5.36. The summed E-state index contributed by atoms with van der Waals surface area (Å²) >= 11 is 0. The third kappa shape index (κ3) is 2.61. The number of rotatable bonds is 3. The average Bonchev–Trinajstić information content (AvgIpc) is 2.75. The first-order valence-corrected chi connectivity index (χ1v) is 6.13. The van der Waals surface area contributed by atoms with Crippen molar-refractivity contribution in [2.45, 2.75) is 32.4 Å². The molecule has 2 rings (SSSR count). The largest absolute Gasteiger partial charge is 0.497 e. The van der Waals surface area contributed by atoms with Gasteiger partial charge in [-0.15, -0.1) is 0 Å². The molecule has 1 heterocycles. The molecule has 3 unspecified atom stereocenters. The standard InChI is InChI=1S/C14H21NO2/c1-9-6-12(16-3)4-5-13(9)14(15)11-7-10(2)17-8-11/h4-6,10-11,14H,7-8,15H2,1-3H3. The normalized spacial score (nSPS) is 25.9. The highest BCUT2D eigenvalue weighted by Crippen LogP contribution is 2.32. The number of ether oxygens (including phenoxy) is 2. The number of hydrogen-bond donors (Lipinski definition) is 1. The molecule has 1 saturated heterocycles. The van der Waals surface area contributed by atoms with Gasteiger partial charge in [0.1, 0.15) is 5.75 Å². The first-order valence-electron chi connectivity index (χ1n) is 6.13. The lowest BCUT2D eigenvalue weighted by molar-refractivity contribution is 0.118. The lowest BCUT2D eigenvalue weighted by Crippen LogP contribution is -2.22. The molecule has 3 nitrogen and oxygen atoms in total. The zero-order valence-electron chi connectivity index (χ0n) is 10.8. The fourth-order valence-corrected chi connectivity index (χ4v) is 2.50. The van der Waals surface area contributed by atoms with E-state index in [1.807, 2.05) is 12.1 Å². The van der Waals surface area contributed by atoms with E-state index in [1.54, 1.807) is 7.11 Å². The number of methoxy groups -OCH3 is 1. The molecule has 0 bridgehead atoms. The van der Waals surface area contributed by atoms with E-state index in [1.165, 1.54) is 11.1 Å². The third-order valence-corrected chi connectivity index (χ3v) is 3.57. The monoisotopic (exact) mass is 235 g/mol. The molecule has 2 N–H and O–H groups in total. The highest BCUT2D eigenvalue weighted by atomic mass is 16.5. The lowest BCUT2D eigenvalue weighted by Gasteiger charge is -2.20. The number of benzene rings is 1. The maximum atomic E-state index is 6.33. The third-order valence-electron chi connectivity index (χ3n) is 3.57. The first-order chi connectivity index (χ1) is 8.11. The number of aryl methyl sites for hydroxylation is 1. The Morgan fingerprint density at radius 3 is 2.76 bits per heavy atom. The second-order valence-corrected chi connectivity index (χ2v) is 4.89. The van der Waals surface area contributed by atoms with Crippen LogP contribution in [0.15, 0.2) is 18.2 Å². The summed E-state index contributed by atoms with van der Waals surface area (Å²) in [6.07, 6.45) is 1.39. The fourth-order valence-electron chi connectivity index (χ4n) is 2.50. The van der Waals surface area contributed by atoms with E-state index < -0.39 is 0 Å². The van der Waals surface area contributed by atoms with Crippen LogP contribution < -0.4 is 10.5 Å². The number of hydrogen-bond acceptors (Lipinski definition) is 3. The van der Waals surface area contributed by atoms with E-state index in [-0.39, 0.29) is 6.04 Å². The van der Waals surface area contributed by atoms with Crippen molar-refractivity contribution in [1.29, 1.82) is 0 Å². The molecule has 3 heteroatoms. The Morgan fingerprint density at radius 1 is 1.47 bits per heavy atom. The molecule has 0 radical (unpaired) electrons. The van der Waals surface area contributed by atoms with Crippen LogP contribution in [0.5, 0.6) is 5.75 Å². The van der Waals surface area contributed by atoms with Crippen molar-refractivity contribution in [3.8, 4) is 5.75 Å². The van der Waals surface area contributed by atoms with Gasteiger partial charge in [0, 0.05) is 12.0 Å². The zero-order chi connectivity index (χ0) is 12.4.